The van der Waals surface area contributed by atoms with Crippen LogP contribution >= 0.6 is 15.9 Å². The molecule has 0 aromatic carbocycles. The van der Waals surface area contributed by atoms with Crippen LogP contribution in [0.5, 0.6) is 0 Å². The second-order valence-electron chi connectivity index (χ2n) is 6.91. The molecule has 2 atom stereocenters. The maximum atomic E-state index is 6.55. The second-order valence-corrected chi connectivity index (χ2v) is 7.82. The van der Waals surface area contributed by atoms with Gasteiger partial charge in [0.05, 0.1) is 15.7 Å². The molecule has 0 N–H and O–H groups in total. The molecule has 4 radical (unpaired) electrons. The Labute approximate surface area is 160 Å². The molecule has 7 heteroatoms. The zero-order chi connectivity index (χ0) is 17.6. The van der Waals surface area contributed by atoms with Gasteiger partial charge in [-0.25, -0.2) is 4.98 Å². The molecular weight excluding hydrogens is 374 g/mol. The summed E-state index contributed by atoms with van der Waals surface area (Å²) in [5.74, 6) is 1.01. The zero-order valence-electron chi connectivity index (χ0n) is 14.3. The molecule has 2 unspecified atom stereocenters. The third kappa shape index (κ3) is 3.02. The SMILES string of the molecule is [B]C([B])(c1ccc(CC)nc1)N1C2CC1CN(c1ccc(Br)cn1)C2. The van der Waals surface area contributed by atoms with Crippen molar-refractivity contribution in [3.63, 3.8) is 0 Å². The lowest BCUT2D eigenvalue weighted by atomic mass is 9.54. The number of aromatic nitrogens is 2. The summed E-state index contributed by atoms with van der Waals surface area (Å²) in [6.07, 6.45) is 5.70. The van der Waals surface area contributed by atoms with Crippen LogP contribution in [0.2, 0.25) is 0 Å². The molecule has 3 aliphatic rings. The Morgan fingerprint density at radius 2 is 1.88 bits per heavy atom. The highest BCUT2D eigenvalue weighted by Crippen LogP contribution is 2.41. The minimum atomic E-state index is -0.980. The van der Waals surface area contributed by atoms with E-state index in [9.17, 15) is 0 Å². The fourth-order valence-electron chi connectivity index (χ4n) is 3.98. The maximum Gasteiger partial charge on any atom is 0.128 e. The van der Waals surface area contributed by atoms with E-state index in [1.54, 1.807) is 0 Å². The van der Waals surface area contributed by atoms with Crippen LogP contribution in [0, 0.1) is 0 Å². The van der Waals surface area contributed by atoms with E-state index in [1.807, 2.05) is 36.7 Å². The van der Waals surface area contributed by atoms with Crippen molar-refractivity contribution in [2.45, 2.75) is 37.2 Å². The van der Waals surface area contributed by atoms with Crippen molar-refractivity contribution >= 4 is 37.4 Å². The molecule has 0 aliphatic carbocycles. The van der Waals surface area contributed by atoms with Crippen molar-refractivity contribution in [2.24, 2.45) is 0 Å². The molecule has 124 valence electrons. The van der Waals surface area contributed by atoms with Crippen LogP contribution in [-0.4, -0.2) is 55.7 Å². The third-order valence-corrected chi connectivity index (χ3v) is 5.77. The van der Waals surface area contributed by atoms with Gasteiger partial charge in [0.2, 0.25) is 0 Å². The number of piperazine rings is 1. The van der Waals surface area contributed by atoms with Crippen molar-refractivity contribution in [1.82, 2.24) is 14.9 Å². The Hall–Kier alpha value is -1.33. The predicted molar refractivity (Wildman–Crippen MR) is 105 cm³/mol. The van der Waals surface area contributed by atoms with Crippen molar-refractivity contribution < 1.29 is 0 Å². The number of halogens is 1. The summed E-state index contributed by atoms with van der Waals surface area (Å²) < 4.78 is 0.992. The summed E-state index contributed by atoms with van der Waals surface area (Å²) in [4.78, 5) is 13.5. The zero-order valence-corrected chi connectivity index (χ0v) is 15.9. The monoisotopic (exact) mass is 392 g/mol. The number of hydrogen-bond acceptors (Lipinski definition) is 4. The first-order valence-electron chi connectivity index (χ1n) is 8.67. The summed E-state index contributed by atoms with van der Waals surface area (Å²) in [5.41, 5.74) is 1.92. The molecule has 3 fully saturated rings. The predicted octanol–water partition coefficient (Wildman–Crippen LogP) is 2.21. The fourth-order valence-corrected chi connectivity index (χ4v) is 4.21. The number of aryl methyl sites for hydroxylation is 1. The van der Waals surface area contributed by atoms with Gasteiger partial charge in [0.15, 0.2) is 0 Å². The van der Waals surface area contributed by atoms with Gasteiger partial charge in [-0.3, -0.25) is 4.98 Å². The Morgan fingerprint density at radius 3 is 2.44 bits per heavy atom. The molecule has 4 nitrogen and oxygen atoms in total. The van der Waals surface area contributed by atoms with E-state index in [1.165, 1.54) is 0 Å². The van der Waals surface area contributed by atoms with Gasteiger partial charge in [-0.1, -0.05) is 13.0 Å². The Morgan fingerprint density at radius 1 is 1.12 bits per heavy atom. The molecule has 0 spiro atoms. The standard InChI is InChI=1S/C18H19B2BrN4/c1-2-14-5-3-12(8-22-14)18(19,20)25-15-7-16(25)11-24(10-15)17-6-4-13(21)9-23-17/h3-6,8-9,15-16H,2,7,10-11H2,1H3. The van der Waals surface area contributed by atoms with Gasteiger partial charge in [0.25, 0.3) is 0 Å². The molecular formula is C18H19B2BrN4. The van der Waals surface area contributed by atoms with Crippen LogP contribution in [-0.2, 0) is 11.8 Å². The topological polar surface area (TPSA) is 32.3 Å². The summed E-state index contributed by atoms with van der Waals surface area (Å²) in [7, 11) is 13.1. The van der Waals surface area contributed by atoms with E-state index in [-0.39, 0.29) is 0 Å². The Kier molecular flexibility index (Phi) is 4.40. The van der Waals surface area contributed by atoms with Crippen molar-refractivity contribution in [3.8, 4) is 0 Å². The van der Waals surface area contributed by atoms with E-state index >= 15 is 0 Å². The van der Waals surface area contributed by atoms with E-state index < -0.39 is 5.34 Å². The van der Waals surface area contributed by atoms with Gasteiger partial charge in [-0.2, -0.15) is 0 Å². The summed E-state index contributed by atoms with van der Waals surface area (Å²) >= 11 is 3.43. The highest BCUT2D eigenvalue weighted by atomic mass is 79.9. The average molecular weight is 393 g/mol. The largest absolute Gasteiger partial charge is 0.353 e. The van der Waals surface area contributed by atoms with E-state index in [2.05, 4.69) is 42.6 Å². The smallest absolute Gasteiger partial charge is 0.128 e. The quantitative estimate of drug-likeness (QED) is 0.747. The Bertz CT molecular complexity index is 739. The first-order valence-corrected chi connectivity index (χ1v) is 9.46. The number of hydrogen-bond donors (Lipinski definition) is 0. The van der Waals surface area contributed by atoms with Crippen molar-refractivity contribution in [2.75, 3.05) is 18.0 Å². The molecule has 0 saturated carbocycles. The lowest BCUT2D eigenvalue weighted by Crippen LogP contribution is -2.74. The van der Waals surface area contributed by atoms with Crippen LogP contribution in [0.25, 0.3) is 0 Å². The van der Waals surface area contributed by atoms with Crippen LogP contribution < -0.4 is 4.90 Å². The molecule has 2 aromatic rings. The molecule has 25 heavy (non-hydrogen) atoms. The van der Waals surface area contributed by atoms with Gasteiger partial charge in [-0.05, 0) is 57.9 Å². The summed E-state index contributed by atoms with van der Waals surface area (Å²) in [5, 5.41) is -0.980. The van der Waals surface area contributed by atoms with Gasteiger partial charge < -0.3 is 9.80 Å². The van der Waals surface area contributed by atoms with E-state index in [4.69, 9.17) is 15.7 Å². The normalized spacial score (nSPS) is 23.4. The minimum Gasteiger partial charge on any atom is -0.353 e. The van der Waals surface area contributed by atoms with E-state index in [0.29, 0.717) is 12.1 Å². The van der Waals surface area contributed by atoms with Crippen LogP contribution in [0.1, 0.15) is 24.6 Å². The minimum absolute atomic E-state index is 0.338. The molecule has 0 amide bonds. The molecule has 5 rings (SSSR count). The maximum absolute atomic E-state index is 6.55. The van der Waals surface area contributed by atoms with Crippen LogP contribution in [0.15, 0.2) is 41.1 Å². The second kappa shape index (κ2) is 6.44. The van der Waals surface area contributed by atoms with Gasteiger partial charge >= 0.3 is 0 Å². The van der Waals surface area contributed by atoms with E-state index in [0.717, 1.165) is 47.5 Å². The lowest BCUT2D eigenvalue weighted by Gasteiger charge is -2.63. The van der Waals surface area contributed by atoms with Gasteiger partial charge in [0, 0.05) is 47.7 Å². The Balaban J connectivity index is 1.50. The lowest BCUT2D eigenvalue weighted by molar-refractivity contribution is -0.0303. The van der Waals surface area contributed by atoms with Crippen LogP contribution in [0.4, 0.5) is 5.82 Å². The number of nitrogens with zero attached hydrogens (tertiary/aromatic N) is 4. The molecule has 3 aliphatic heterocycles. The number of piperidine rings is 1. The highest BCUT2D eigenvalue weighted by Gasteiger charge is 2.50. The number of pyridine rings is 2. The summed E-state index contributed by atoms with van der Waals surface area (Å²) in [6, 6.07) is 8.77. The number of anilines is 1. The molecule has 3 saturated heterocycles. The summed E-state index contributed by atoms with van der Waals surface area (Å²) in [6.45, 7) is 3.87. The fraction of sp³-hybridized carbons (Fsp3) is 0.444. The molecule has 5 heterocycles. The number of rotatable bonds is 4. The van der Waals surface area contributed by atoms with Gasteiger partial charge in [-0.15, -0.1) is 0 Å². The highest BCUT2D eigenvalue weighted by molar-refractivity contribution is 9.10. The van der Waals surface area contributed by atoms with Crippen molar-refractivity contribution in [3.05, 3.63) is 52.4 Å². The number of fused-ring (bicyclic) bond motifs is 2. The van der Waals surface area contributed by atoms with Gasteiger partial charge in [0.1, 0.15) is 5.82 Å². The average Bonchev–Trinajstić information content (AvgIpc) is 2.62. The first kappa shape index (κ1) is 17.1. The molecule has 2 bridgehead atoms. The first-order chi connectivity index (χ1) is 12.0. The third-order valence-electron chi connectivity index (χ3n) is 5.31. The van der Waals surface area contributed by atoms with Crippen LogP contribution in [0.3, 0.4) is 0 Å². The molecule has 2 aromatic heterocycles. The van der Waals surface area contributed by atoms with Crippen molar-refractivity contribution in [1.29, 1.82) is 0 Å².